The first-order valence-electron chi connectivity index (χ1n) is 7.80. The molecule has 22 heavy (non-hydrogen) atoms. The zero-order valence-electron chi connectivity index (χ0n) is 12.4. The Bertz CT molecular complexity index is 674. The number of likely N-dealkylation sites (tertiary alicyclic amines) is 1. The van der Waals surface area contributed by atoms with E-state index in [4.69, 9.17) is 4.74 Å². The van der Waals surface area contributed by atoms with Crippen LogP contribution in [0.2, 0.25) is 0 Å². The van der Waals surface area contributed by atoms with Gasteiger partial charge in [0.2, 0.25) is 0 Å². The highest BCUT2D eigenvalue weighted by atomic mass is 16.5. The molecule has 1 aromatic carbocycles. The summed E-state index contributed by atoms with van der Waals surface area (Å²) in [5.74, 6) is 1.71. The molecule has 5 nitrogen and oxygen atoms in total. The molecule has 1 fully saturated rings. The Kier molecular flexibility index (Phi) is 3.25. The van der Waals surface area contributed by atoms with E-state index in [2.05, 4.69) is 22.0 Å². The Morgan fingerprint density at radius 3 is 2.64 bits per heavy atom. The summed E-state index contributed by atoms with van der Waals surface area (Å²) in [4.78, 5) is 19.9. The lowest BCUT2D eigenvalue weighted by Crippen LogP contribution is -2.29. The maximum atomic E-state index is 12.5. The third-order valence-electron chi connectivity index (χ3n) is 4.30. The minimum absolute atomic E-state index is 0.0727. The molecule has 4 rings (SSSR count). The van der Waals surface area contributed by atoms with Crippen molar-refractivity contribution in [3.8, 4) is 5.75 Å². The minimum atomic E-state index is 0.0727. The topological polar surface area (TPSA) is 48.6 Å². The highest BCUT2D eigenvalue weighted by Gasteiger charge is 2.27. The lowest BCUT2D eigenvalue weighted by Gasteiger charge is -2.28. The van der Waals surface area contributed by atoms with Gasteiger partial charge in [0.1, 0.15) is 12.3 Å². The number of hydrogen-bond acceptors (Lipinski definition) is 3. The minimum Gasteiger partial charge on any atom is -0.488 e. The monoisotopic (exact) mass is 297 g/mol. The third-order valence-corrected chi connectivity index (χ3v) is 4.30. The zero-order valence-corrected chi connectivity index (χ0v) is 12.4. The van der Waals surface area contributed by atoms with Gasteiger partial charge in [0.25, 0.3) is 5.91 Å². The molecule has 1 amide bonds. The van der Waals surface area contributed by atoms with Crippen LogP contribution in [-0.2, 0) is 0 Å². The van der Waals surface area contributed by atoms with Crippen LogP contribution in [0.5, 0.6) is 5.75 Å². The molecule has 0 bridgehead atoms. The predicted octanol–water partition coefficient (Wildman–Crippen LogP) is 2.78. The van der Waals surface area contributed by atoms with E-state index in [1.165, 1.54) is 0 Å². The van der Waals surface area contributed by atoms with Gasteiger partial charge in [-0.3, -0.25) is 4.79 Å². The first-order chi connectivity index (χ1) is 10.8. The number of para-hydroxylation sites is 1. The number of hydrogen-bond donors (Lipinski definition) is 1. The number of nitrogens with one attached hydrogen (secondary N) is 1. The fraction of sp³-hybridized carbons (Fsp3) is 0.353. The summed E-state index contributed by atoms with van der Waals surface area (Å²) in [6.45, 7) is 3.10. The number of H-pyrrole nitrogens is 1. The summed E-state index contributed by atoms with van der Waals surface area (Å²) in [6.07, 6.45) is 2.19. The van der Waals surface area contributed by atoms with Crippen molar-refractivity contribution in [2.75, 3.05) is 31.1 Å². The number of fused-ring (bicyclic) bond motifs is 1. The van der Waals surface area contributed by atoms with Crippen molar-refractivity contribution < 1.29 is 9.53 Å². The Hall–Kier alpha value is -2.43. The summed E-state index contributed by atoms with van der Waals surface area (Å²) in [7, 11) is 0. The van der Waals surface area contributed by atoms with Gasteiger partial charge in [-0.25, -0.2) is 0 Å². The number of carbonyl (C=O) groups is 1. The highest BCUT2D eigenvalue weighted by molar-refractivity contribution is 5.94. The van der Waals surface area contributed by atoms with Crippen molar-refractivity contribution in [2.24, 2.45) is 0 Å². The lowest BCUT2D eigenvalue weighted by atomic mass is 10.2. The standard InChI is InChI=1S/C17H19N3O2/c21-17(19-8-4-5-9-19)14-12-15-16(18-14)20(10-11-22-15)13-6-2-1-3-7-13/h1-3,6-7,12,18H,4-5,8-11H2. The molecule has 1 saturated heterocycles. The number of benzene rings is 1. The van der Waals surface area contributed by atoms with Crippen LogP contribution in [0.25, 0.3) is 0 Å². The van der Waals surface area contributed by atoms with E-state index in [9.17, 15) is 4.79 Å². The van der Waals surface area contributed by atoms with Crippen LogP contribution in [0.3, 0.4) is 0 Å². The van der Waals surface area contributed by atoms with E-state index in [1.54, 1.807) is 0 Å². The molecule has 0 aliphatic carbocycles. The summed E-state index contributed by atoms with van der Waals surface area (Å²) in [5, 5.41) is 0. The fourth-order valence-electron chi connectivity index (χ4n) is 3.17. The zero-order chi connectivity index (χ0) is 14.9. The maximum Gasteiger partial charge on any atom is 0.270 e. The lowest BCUT2D eigenvalue weighted by molar-refractivity contribution is 0.0787. The van der Waals surface area contributed by atoms with Crippen LogP contribution >= 0.6 is 0 Å². The van der Waals surface area contributed by atoms with Gasteiger partial charge in [-0.15, -0.1) is 0 Å². The van der Waals surface area contributed by atoms with Gasteiger partial charge in [-0.05, 0) is 25.0 Å². The molecule has 0 spiro atoms. The Balaban J connectivity index is 1.66. The quantitative estimate of drug-likeness (QED) is 0.927. The first-order valence-corrected chi connectivity index (χ1v) is 7.80. The van der Waals surface area contributed by atoms with E-state index in [0.717, 1.165) is 49.7 Å². The second-order valence-corrected chi connectivity index (χ2v) is 5.73. The molecule has 0 unspecified atom stereocenters. The SMILES string of the molecule is O=C(c1cc2c([nH]1)N(c1ccccc1)CCO2)N1CCCC1. The number of nitrogens with zero attached hydrogens (tertiary/aromatic N) is 2. The van der Waals surface area contributed by atoms with Crippen molar-refractivity contribution >= 4 is 17.4 Å². The van der Waals surface area contributed by atoms with Crippen LogP contribution in [0.4, 0.5) is 11.5 Å². The Morgan fingerprint density at radius 1 is 1.09 bits per heavy atom. The Morgan fingerprint density at radius 2 is 1.86 bits per heavy atom. The van der Waals surface area contributed by atoms with Gasteiger partial charge in [0.15, 0.2) is 11.6 Å². The van der Waals surface area contributed by atoms with Crippen molar-refractivity contribution in [3.63, 3.8) is 0 Å². The summed E-state index contributed by atoms with van der Waals surface area (Å²) in [6, 6.07) is 12.0. The highest BCUT2D eigenvalue weighted by Crippen LogP contribution is 2.36. The largest absolute Gasteiger partial charge is 0.488 e. The molecule has 114 valence electrons. The normalized spacial score (nSPS) is 17.3. The number of anilines is 2. The molecule has 3 heterocycles. The second-order valence-electron chi connectivity index (χ2n) is 5.73. The molecule has 2 aromatic rings. The molecule has 0 radical (unpaired) electrons. The van der Waals surface area contributed by atoms with Crippen LogP contribution in [0.15, 0.2) is 36.4 Å². The van der Waals surface area contributed by atoms with E-state index < -0.39 is 0 Å². The summed E-state index contributed by atoms with van der Waals surface area (Å²) < 4.78 is 5.72. The van der Waals surface area contributed by atoms with Gasteiger partial charge in [0, 0.05) is 24.8 Å². The van der Waals surface area contributed by atoms with E-state index in [-0.39, 0.29) is 5.91 Å². The second kappa shape index (κ2) is 5.40. The smallest absolute Gasteiger partial charge is 0.270 e. The summed E-state index contributed by atoms with van der Waals surface area (Å²) in [5.41, 5.74) is 1.73. The molecule has 1 aromatic heterocycles. The molecule has 0 saturated carbocycles. The molecule has 5 heteroatoms. The number of ether oxygens (including phenoxy) is 1. The van der Waals surface area contributed by atoms with Crippen LogP contribution in [0.1, 0.15) is 23.3 Å². The average Bonchev–Trinajstić information content (AvgIpc) is 3.24. The van der Waals surface area contributed by atoms with E-state index >= 15 is 0 Å². The molecule has 0 atom stereocenters. The maximum absolute atomic E-state index is 12.5. The van der Waals surface area contributed by atoms with E-state index in [1.807, 2.05) is 29.2 Å². The molecular formula is C17H19N3O2. The number of amides is 1. The average molecular weight is 297 g/mol. The molecule has 2 aliphatic rings. The van der Waals surface area contributed by atoms with Gasteiger partial charge in [-0.2, -0.15) is 0 Å². The van der Waals surface area contributed by atoms with Crippen LogP contribution in [0, 0.1) is 0 Å². The van der Waals surface area contributed by atoms with Crippen LogP contribution < -0.4 is 9.64 Å². The van der Waals surface area contributed by atoms with E-state index in [0.29, 0.717) is 12.3 Å². The number of carbonyl (C=O) groups excluding carboxylic acids is 1. The number of aromatic nitrogens is 1. The molecule has 1 N–H and O–H groups in total. The number of rotatable bonds is 2. The van der Waals surface area contributed by atoms with Crippen molar-refractivity contribution in [1.29, 1.82) is 0 Å². The van der Waals surface area contributed by atoms with Gasteiger partial charge < -0.3 is 19.5 Å². The van der Waals surface area contributed by atoms with Crippen molar-refractivity contribution in [1.82, 2.24) is 9.88 Å². The summed E-state index contributed by atoms with van der Waals surface area (Å²) >= 11 is 0. The predicted molar refractivity (Wildman–Crippen MR) is 84.9 cm³/mol. The van der Waals surface area contributed by atoms with Crippen molar-refractivity contribution in [3.05, 3.63) is 42.1 Å². The Labute approximate surface area is 129 Å². The number of aromatic amines is 1. The molecule has 2 aliphatic heterocycles. The van der Waals surface area contributed by atoms with Gasteiger partial charge in [0.05, 0.1) is 6.54 Å². The fourth-order valence-corrected chi connectivity index (χ4v) is 3.17. The molecular weight excluding hydrogens is 278 g/mol. The van der Waals surface area contributed by atoms with Gasteiger partial charge >= 0.3 is 0 Å². The van der Waals surface area contributed by atoms with Crippen LogP contribution in [-0.4, -0.2) is 42.0 Å². The van der Waals surface area contributed by atoms with Gasteiger partial charge in [-0.1, -0.05) is 18.2 Å². The first kappa shape index (κ1) is 13.2. The third kappa shape index (κ3) is 2.22. The van der Waals surface area contributed by atoms with Crippen molar-refractivity contribution in [2.45, 2.75) is 12.8 Å².